The highest BCUT2D eigenvalue weighted by Crippen LogP contribution is 2.33. The van der Waals surface area contributed by atoms with Crippen LogP contribution in [0.4, 0.5) is 0 Å². The highest BCUT2D eigenvalue weighted by molar-refractivity contribution is 9.10. The lowest BCUT2D eigenvalue weighted by Gasteiger charge is -2.13. The Kier molecular flexibility index (Phi) is 7.04. The fraction of sp³-hybridized carbons (Fsp3) is 0.0870. The molecule has 0 bridgehead atoms. The summed E-state index contributed by atoms with van der Waals surface area (Å²) in [5, 5.41) is 12.3. The molecule has 4 aromatic rings. The molecule has 9 heteroatoms. The summed E-state index contributed by atoms with van der Waals surface area (Å²) in [7, 11) is 1.60. The second kappa shape index (κ2) is 10.1. The standard InChI is InChI=1S/C23H18BrClN4O2S/c1-30-20-11-17(19(24)12-21(20)31-14-15-7-9-18(25)10-8-15)13-26-29-22(27-28-23(29)32)16-5-3-2-4-6-16/h2-13H,14H2,1H3,(H,28,32)/b26-13+. The summed E-state index contributed by atoms with van der Waals surface area (Å²) in [6, 6.07) is 20.9. The van der Waals surface area contributed by atoms with Gasteiger partial charge in [0.05, 0.1) is 13.3 Å². The molecule has 6 nitrogen and oxygen atoms in total. The average molecular weight is 530 g/mol. The van der Waals surface area contributed by atoms with Gasteiger partial charge in [-0.25, -0.2) is 5.10 Å². The molecular weight excluding hydrogens is 512 g/mol. The molecule has 0 aliphatic rings. The summed E-state index contributed by atoms with van der Waals surface area (Å²) in [5.74, 6) is 1.82. The van der Waals surface area contributed by atoms with Crippen molar-refractivity contribution in [1.82, 2.24) is 14.9 Å². The van der Waals surface area contributed by atoms with Crippen molar-refractivity contribution in [3.63, 3.8) is 0 Å². The van der Waals surface area contributed by atoms with E-state index >= 15 is 0 Å². The van der Waals surface area contributed by atoms with Crippen LogP contribution < -0.4 is 9.47 Å². The van der Waals surface area contributed by atoms with Gasteiger partial charge in [0, 0.05) is 20.6 Å². The molecule has 0 aliphatic heterocycles. The quantitative estimate of drug-likeness (QED) is 0.219. The number of aromatic nitrogens is 3. The van der Waals surface area contributed by atoms with E-state index in [1.807, 2.05) is 66.7 Å². The van der Waals surface area contributed by atoms with Gasteiger partial charge in [-0.2, -0.15) is 14.9 Å². The minimum Gasteiger partial charge on any atom is -0.493 e. The van der Waals surface area contributed by atoms with E-state index in [9.17, 15) is 0 Å². The molecule has 0 unspecified atom stereocenters. The Morgan fingerprint density at radius 1 is 1.12 bits per heavy atom. The lowest BCUT2D eigenvalue weighted by Crippen LogP contribution is -2.00. The molecule has 4 rings (SSSR count). The highest BCUT2D eigenvalue weighted by Gasteiger charge is 2.11. The lowest BCUT2D eigenvalue weighted by molar-refractivity contribution is 0.284. The number of ether oxygens (including phenoxy) is 2. The lowest BCUT2D eigenvalue weighted by atomic mass is 10.2. The van der Waals surface area contributed by atoms with Crippen LogP contribution in [0.15, 0.2) is 76.3 Å². The fourth-order valence-electron chi connectivity index (χ4n) is 2.96. The maximum absolute atomic E-state index is 5.96. The topological polar surface area (TPSA) is 64.4 Å². The number of H-pyrrole nitrogens is 1. The second-order valence-electron chi connectivity index (χ2n) is 6.71. The van der Waals surface area contributed by atoms with Gasteiger partial charge in [-0.1, -0.05) is 54.1 Å². The van der Waals surface area contributed by atoms with Gasteiger partial charge in [0.15, 0.2) is 17.3 Å². The van der Waals surface area contributed by atoms with E-state index in [1.54, 1.807) is 18.0 Å². The van der Waals surface area contributed by atoms with Crippen molar-refractivity contribution in [3.05, 3.63) is 92.1 Å². The first-order valence-corrected chi connectivity index (χ1v) is 11.1. The Balaban J connectivity index is 1.59. The molecule has 32 heavy (non-hydrogen) atoms. The summed E-state index contributed by atoms with van der Waals surface area (Å²) in [5.41, 5.74) is 2.70. The van der Waals surface area contributed by atoms with Crippen LogP contribution >= 0.6 is 39.7 Å². The smallest absolute Gasteiger partial charge is 0.216 e. The van der Waals surface area contributed by atoms with E-state index in [2.05, 4.69) is 31.2 Å². The zero-order valence-corrected chi connectivity index (χ0v) is 20.1. The van der Waals surface area contributed by atoms with Crippen LogP contribution in [-0.4, -0.2) is 28.2 Å². The molecule has 1 aromatic heterocycles. The van der Waals surface area contributed by atoms with Crippen molar-refractivity contribution in [2.45, 2.75) is 6.61 Å². The van der Waals surface area contributed by atoms with E-state index in [4.69, 9.17) is 33.3 Å². The molecule has 162 valence electrons. The summed E-state index contributed by atoms with van der Waals surface area (Å²) in [4.78, 5) is 0. The van der Waals surface area contributed by atoms with E-state index in [1.165, 1.54) is 0 Å². The number of aromatic amines is 1. The normalized spacial score (nSPS) is 11.1. The number of nitrogens with zero attached hydrogens (tertiary/aromatic N) is 3. The number of benzene rings is 3. The average Bonchev–Trinajstić information content (AvgIpc) is 3.18. The van der Waals surface area contributed by atoms with Gasteiger partial charge in [0.25, 0.3) is 0 Å². The van der Waals surface area contributed by atoms with Gasteiger partial charge in [0.2, 0.25) is 4.77 Å². The van der Waals surface area contributed by atoms with Crippen molar-refractivity contribution in [1.29, 1.82) is 0 Å². The maximum Gasteiger partial charge on any atom is 0.216 e. The van der Waals surface area contributed by atoms with Crippen molar-refractivity contribution < 1.29 is 9.47 Å². The minimum atomic E-state index is 0.387. The third-order valence-electron chi connectivity index (χ3n) is 4.59. The first-order chi connectivity index (χ1) is 15.5. The van der Waals surface area contributed by atoms with E-state index in [0.29, 0.717) is 33.7 Å². The first-order valence-electron chi connectivity index (χ1n) is 9.57. The molecule has 0 saturated heterocycles. The first kappa shape index (κ1) is 22.3. The number of hydrogen-bond acceptors (Lipinski definition) is 5. The van der Waals surface area contributed by atoms with Crippen LogP contribution in [0, 0.1) is 4.77 Å². The SMILES string of the molecule is COc1cc(/C=N/n2c(-c3ccccc3)n[nH]c2=S)c(Br)cc1OCc1ccc(Cl)cc1. The van der Waals surface area contributed by atoms with Crippen LogP contribution in [0.1, 0.15) is 11.1 Å². The molecule has 0 radical (unpaired) electrons. The van der Waals surface area contributed by atoms with Crippen LogP contribution in [0.3, 0.4) is 0 Å². The van der Waals surface area contributed by atoms with Gasteiger partial charge in [-0.05, 0) is 58.0 Å². The third-order valence-corrected chi connectivity index (χ3v) is 5.79. The van der Waals surface area contributed by atoms with Crippen molar-refractivity contribution in [2.24, 2.45) is 5.10 Å². The van der Waals surface area contributed by atoms with E-state index in [-0.39, 0.29) is 0 Å². The molecular formula is C23H18BrClN4O2S. The van der Waals surface area contributed by atoms with Gasteiger partial charge in [-0.3, -0.25) is 0 Å². The monoisotopic (exact) mass is 528 g/mol. The molecule has 0 spiro atoms. The van der Waals surface area contributed by atoms with E-state index < -0.39 is 0 Å². The Morgan fingerprint density at radius 2 is 1.88 bits per heavy atom. The van der Waals surface area contributed by atoms with Gasteiger partial charge in [0.1, 0.15) is 6.61 Å². The molecule has 1 heterocycles. The molecule has 0 amide bonds. The summed E-state index contributed by atoms with van der Waals surface area (Å²) in [6.07, 6.45) is 1.69. The Morgan fingerprint density at radius 3 is 2.59 bits per heavy atom. The number of methoxy groups -OCH3 is 1. The molecule has 3 aromatic carbocycles. The summed E-state index contributed by atoms with van der Waals surface area (Å²) >= 11 is 14.9. The number of halogens is 2. The van der Waals surface area contributed by atoms with Gasteiger partial charge in [-0.15, -0.1) is 0 Å². The molecule has 0 aliphatic carbocycles. The maximum atomic E-state index is 5.96. The molecule has 0 saturated carbocycles. The van der Waals surface area contributed by atoms with E-state index in [0.717, 1.165) is 21.2 Å². The largest absolute Gasteiger partial charge is 0.493 e. The highest BCUT2D eigenvalue weighted by atomic mass is 79.9. The van der Waals surface area contributed by atoms with Crippen LogP contribution in [0.5, 0.6) is 11.5 Å². The second-order valence-corrected chi connectivity index (χ2v) is 8.39. The van der Waals surface area contributed by atoms with Crippen molar-refractivity contribution in [2.75, 3.05) is 7.11 Å². The fourth-order valence-corrected chi connectivity index (χ4v) is 3.69. The van der Waals surface area contributed by atoms with Gasteiger partial charge < -0.3 is 9.47 Å². The zero-order valence-electron chi connectivity index (χ0n) is 17.0. The Labute approximate surface area is 203 Å². The van der Waals surface area contributed by atoms with Crippen LogP contribution in [-0.2, 0) is 6.61 Å². The molecule has 0 atom stereocenters. The summed E-state index contributed by atoms with van der Waals surface area (Å²) in [6.45, 7) is 0.387. The number of nitrogens with one attached hydrogen (secondary N) is 1. The predicted octanol–water partition coefficient (Wildman–Crippen LogP) is 6.49. The van der Waals surface area contributed by atoms with Crippen molar-refractivity contribution >= 4 is 46.0 Å². The Bertz CT molecular complexity index is 1300. The minimum absolute atomic E-state index is 0.387. The summed E-state index contributed by atoms with van der Waals surface area (Å²) < 4.78 is 14.3. The van der Waals surface area contributed by atoms with Gasteiger partial charge >= 0.3 is 0 Å². The van der Waals surface area contributed by atoms with Crippen LogP contribution in [0.2, 0.25) is 5.02 Å². The van der Waals surface area contributed by atoms with Crippen molar-refractivity contribution in [3.8, 4) is 22.9 Å². The zero-order chi connectivity index (χ0) is 22.5. The Hall–Kier alpha value is -2.94. The predicted molar refractivity (Wildman–Crippen MR) is 132 cm³/mol. The number of hydrogen-bond donors (Lipinski definition) is 1. The third kappa shape index (κ3) is 5.09. The number of rotatable bonds is 7. The molecule has 0 fully saturated rings. The molecule has 1 N–H and O–H groups in total. The van der Waals surface area contributed by atoms with Crippen LogP contribution in [0.25, 0.3) is 11.4 Å².